The van der Waals surface area contributed by atoms with Crippen molar-refractivity contribution in [1.29, 1.82) is 0 Å². The molecule has 0 saturated heterocycles. The number of benzene rings is 2. The van der Waals surface area contributed by atoms with Gasteiger partial charge < -0.3 is 9.64 Å². The van der Waals surface area contributed by atoms with E-state index >= 15 is 0 Å². The summed E-state index contributed by atoms with van der Waals surface area (Å²) in [6, 6.07) is 18.0. The molecule has 2 rings (SSSR count). The molecule has 0 saturated carbocycles. The fourth-order valence-electron chi connectivity index (χ4n) is 2.30. The van der Waals surface area contributed by atoms with Crippen molar-refractivity contribution in [3.05, 3.63) is 71.3 Å². The molecule has 0 atom stereocenters. The Labute approximate surface area is 126 Å². The standard InChI is InChI=1S/C18H21NO2/c1-19(13-12-15-8-4-3-5-9-15)14-16-10-6-7-11-17(16)18(20)21-2/h3-11H,12-14H2,1-2H3. The van der Waals surface area contributed by atoms with Gasteiger partial charge in [-0.3, -0.25) is 0 Å². The van der Waals surface area contributed by atoms with Gasteiger partial charge in [-0.25, -0.2) is 4.79 Å². The molecule has 0 bridgehead atoms. The highest BCUT2D eigenvalue weighted by Gasteiger charge is 2.12. The van der Waals surface area contributed by atoms with E-state index in [9.17, 15) is 4.79 Å². The second-order valence-corrected chi connectivity index (χ2v) is 5.12. The van der Waals surface area contributed by atoms with E-state index in [0.717, 1.165) is 25.1 Å². The number of nitrogens with zero attached hydrogens (tertiary/aromatic N) is 1. The molecule has 0 unspecified atom stereocenters. The number of esters is 1. The predicted molar refractivity (Wildman–Crippen MR) is 84.3 cm³/mol. The van der Waals surface area contributed by atoms with Crippen molar-refractivity contribution in [3.63, 3.8) is 0 Å². The highest BCUT2D eigenvalue weighted by molar-refractivity contribution is 5.90. The van der Waals surface area contributed by atoms with Crippen molar-refractivity contribution in [1.82, 2.24) is 4.90 Å². The molecule has 0 N–H and O–H groups in total. The van der Waals surface area contributed by atoms with Gasteiger partial charge in [0.05, 0.1) is 12.7 Å². The SMILES string of the molecule is COC(=O)c1ccccc1CN(C)CCc1ccccc1. The first kappa shape index (κ1) is 15.3. The number of methoxy groups -OCH3 is 1. The molecule has 0 amide bonds. The predicted octanol–water partition coefficient (Wildman–Crippen LogP) is 3.15. The largest absolute Gasteiger partial charge is 0.465 e. The minimum absolute atomic E-state index is 0.276. The lowest BCUT2D eigenvalue weighted by Crippen LogP contribution is -2.22. The first-order chi connectivity index (χ1) is 10.2. The van der Waals surface area contributed by atoms with Crippen LogP contribution in [0.3, 0.4) is 0 Å². The summed E-state index contributed by atoms with van der Waals surface area (Å²) in [6.07, 6.45) is 0.998. The van der Waals surface area contributed by atoms with Crippen LogP contribution in [0.25, 0.3) is 0 Å². The minimum atomic E-state index is -0.276. The fourth-order valence-corrected chi connectivity index (χ4v) is 2.30. The summed E-state index contributed by atoms with van der Waals surface area (Å²) in [4.78, 5) is 14.0. The summed E-state index contributed by atoms with van der Waals surface area (Å²) in [5, 5.41) is 0. The van der Waals surface area contributed by atoms with E-state index in [0.29, 0.717) is 5.56 Å². The van der Waals surface area contributed by atoms with Gasteiger partial charge in [0.2, 0.25) is 0 Å². The molecule has 0 aliphatic heterocycles. The summed E-state index contributed by atoms with van der Waals surface area (Å²) < 4.78 is 4.83. The average Bonchev–Trinajstić information content (AvgIpc) is 2.54. The third-order valence-corrected chi connectivity index (χ3v) is 3.49. The van der Waals surface area contributed by atoms with E-state index in [4.69, 9.17) is 4.74 Å². The lowest BCUT2D eigenvalue weighted by Gasteiger charge is -2.18. The zero-order valence-corrected chi connectivity index (χ0v) is 12.6. The van der Waals surface area contributed by atoms with Crippen LogP contribution >= 0.6 is 0 Å². The van der Waals surface area contributed by atoms with Gasteiger partial charge >= 0.3 is 5.97 Å². The number of carbonyl (C=O) groups is 1. The zero-order chi connectivity index (χ0) is 15.1. The van der Waals surface area contributed by atoms with Crippen molar-refractivity contribution in [2.45, 2.75) is 13.0 Å². The number of hydrogen-bond donors (Lipinski definition) is 0. The number of carbonyl (C=O) groups excluding carboxylic acids is 1. The van der Waals surface area contributed by atoms with E-state index in [1.54, 1.807) is 0 Å². The van der Waals surface area contributed by atoms with Crippen LogP contribution in [-0.4, -0.2) is 31.6 Å². The Kier molecular flexibility index (Phi) is 5.52. The molecule has 0 heterocycles. The van der Waals surface area contributed by atoms with Crippen LogP contribution in [0.15, 0.2) is 54.6 Å². The van der Waals surface area contributed by atoms with Crippen LogP contribution in [0.4, 0.5) is 0 Å². The highest BCUT2D eigenvalue weighted by atomic mass is 16.5. The molecule has 3 heteroatoms. The molecule has 2 aromatic rings. The number of rotatable bonds is 6. The van der Waals surface area contributed by atoms with Gasteiger partial charge in [-0.1, -0.05) is 48.5 Å². The Morgan fingerprint density at radius 1 is 1.05 bits per heavy atom. The van der Waals surface area contributed by atoms with E-state index < -0.39 is 0 Å². The van der Waals surface area contributed by atoms with Crippen molar-refractivity contribution < 1.29 is 9.53 Å². The third-order valence-electron chi connectivity index (χ3n) is 3.49. The minimum Gasteiger partial charge on any atom is -0.465 e. The van der Waals surface area contributed by atoms with Gasteiger partial charge in [0.15, 0.2) is 0 Å². The van der Waals surface area contributed by atoms with Crippen LogP contribution in [0.1, 0.15) is 21.5 Å². The van der Waals surface area contributed by atoms with Gasteiger partial charge in [0.25, 0.3) is 0 Å². The first-order valence-corrected chi connectivity index (χ1v) is 7.09. The van der Waals surface area contributed by atoms with E-state index in [2.05, 4.69) is 36.2 Å². The maximum atomic E-state index is 11.8. The summed E-state index contributed by atoms with van der Waals surface area (Å²) in [6.45, 7) is 1.68. The second-order valence-electron chi connectivity index (χ2n) is 5.12. The fraction of sp³-hybridized carbons (Fsp3) is 0.278. The van der Waals surface area contributed by atoms with Gasteiger partial charge in [-0.2, -0.15) is 0 Å². The molecule has 0 aromatic heterocycles. The van der Waals surface area contributed by atoms with Crippen LogP contribution in [0.2, 0.25) is 0 Å². The van der Waals surface area contributed by atoms with E-state index in [1.807, 2.05) is 30.3 Å². The maximum Gasteiger partial charge on any atom is 0.338 e. The van der Waals surface area contributed by atoms with Crippen molar-refractivity contribution in [3.8, 4) is 0 Å². The molecule has 0 aliphatic carbocycles. The first-order valence-electron chi connectivity index (χ1n) is 7.09. The number of likely N-dealkylation sites (N-methyl/N-ethyl adjacent to an activating group) is 1. The third kappa shape index (κ3) is 4.43. The van der Waals surface area contributed by atoms with Gasteiger partial charge in [0, 0.05) is 13.1 Å². The van der Waals surface area contributed by atoms with Gasteiger partial charge in [0.1, 0.15) is 0 Å². The van der Waals surface area contributed by atoms with Crippen LogP contribution in [-0.2, 0) is 17.7 Å². The molecule has 2 aromatic carbocycles. The topological polar surface area (TPSA) is 29.5 Å². The Hall–Kier alpha value is -2.13. The van der Waals surface area contributed by atoms with Crippen LogP contribution in [0.5, 0.6) is 0 Å². The normalized spacial score (nSPS) is 10.6. The Morgan fingerprint density at radius 2 is 1.71 bits per heavy atom. The Morgan fingerprint density at radius 3 is 2.43 bits per heavy atom. The monoisotopic (exact) mass is 283 g/mol. The van der Waals surface area contributed by atoms with Gasteiger partial charge in [-0.15, -0.1) is 0 Å². The van der Waals surface area contributed by atoms with Crippen molar-refractivity contribution >= 4 is 5.97 Å². The summed E-state index contributed by atoms with van der Waals surface area (Å²) >= 11 is 0. The van der Waals surface area contributed by atoms with Crippen LogP contribution < -0.4 is 0 Å². The van der Waals surface area contributed by atoms with E-state index in [-0.39, 0.29) is 5.97 Å². The highest BCUT2D eigenvalue weighted by Crippen LogP contribution is 2.12. The van der Waals surface area contributed by atoms with E-state index in [1.165, 1.54) is 12.7 Å². The molecule has 110 valence electrons. The molecule has 0 aliphatic rings. The molecular formula is C18H21NO2. The number of ether oxygens (including phenoxy) is 1. The maximum absolute atomic E-state index is 11.8. The summed E-state index contributed by atoms with van der Waals surface area (Å²) in [5.41, 5.74) is 2.97. The Balaban J connectivity index is 1.96. The lowest BCUT2D eigenvalue weighted by molar-refractivity contribution is 0.0598. The smallest absolute Gasteiger partial charge is 0.338 e. The van der Waals surface area contributed by atoms with Crippen molar-refractivity contribution in [2.75, 3.05) is 20.7 Å². The van der Waals surface area contributed by atoms with Crippen LogP contribution in [0, 0.1) is 0 Å². The quantitative estimate of drug-likeness (QED) is 0.763. The molecule has 0 spiro atoms. The molecular weight excluding hydrogens is 262 g/mol. The molecule has 3 nitrogen and oxygen atoms in total. The molecule has 0 radical (unpaired) electrons. The lowest BCUT2D eigenvalue weighted by atomic mass is 10.1. The second kappa shape index (κ2) is 7.60. The Bertz CT molecular complexity index is 581. The van der Waals surface area contributed by atoms with Crippen molar-refractivity contribution in [2.24, 2.45) is 0 Å². The number of hydrogen-bond acceptors (Lipinski definition) is 3. The average molecular weight is 283 g/mol. The molecule has 0 fully saturated rings. The zero-order valence-electron chi connectivity index (χ0n) is 12.6. The summed E-state index contributed by atoms with van der Waals surface area (Å²) in [7, 11) is 3.48. The van der Waals surface area contributed by atoms with Gasteiger partial charge in [-0.05, 0) is 30.7 Å². The summed E-state index contributed by atoms with van der Waals surface area (Å²) in [5.74, 6) is -0.276. The molecule has 21 heavy (non-hydrogen) atoms.